The third kappa shape index (κ3) is 1.80. The van der Waals surface area contributed by atoms with Crippen molar-refractivity contribution < 1.29 is 9.53 Å². The van der Waals surface area contributed by atoms with E-state index in [4.69, 9.17) is 4.74 Å². The summed E-state index contributed by atoms with van der Waals surface area (Å²) in [6.45, 7) is 4.56. The first kappa shape index (κ1) is 8.72. The highest BCUT2D eigenvalue weighted by atomic mass is 16.5. The average Bonchev–Trinajstić information content (AvgIpc) is 2.04. The van der Waals surface area contributed by atoms with Crippen molar-refractivity contribution in [2.24, 2.45) is 0 Å². The van der Waals surface area contributed by atoms with Gasteiger partial charge >= 0.3 is 0 Å². The van der Waals surface area contributed by atoms with Crippen molar-refractivity contribution in [3.63, 3.8) is 0 Å². The van der Waals surface area contributed by atoms with Crippen molar-refractivity contribution in [2.45, 2.75) is 45.1 Å². The molecule has 0 aromatic heterocycles. The molecule has 1 rings (SSSR count). The fourth-order valence-corrected chi connectivity index (χ4v) is 1.53. The standard InChI is InChI=1S/C9H16O2/c1-3-8(10)9(2)6-4-5-7-11-9/h3-7H2,1-2H3. The maximum absolute atomic E-state index is 11.4. The van der Waals surface area contributed by atoms with Crippen LogP contribution in [0.5, 0.6) is 0 Å². The lowest BCUT2D eigenvalue weighted by Crippen LogP contribution is -2.40. The average molecular weight is 156 g/mol. The Morgan fingerprint density at radius 3 is 2.73 bits per heavy atom. The Balaban J connectivity index is 2.56. The van der Waals surface area contributed by atoms with E-state index in [1.807, 2.05) is 13.8 Å². The van der Waals surface area contributed by atoms with Gasteiger partial charge in [0.1, 0.15) is 5.60 Å². The van der Waals surface area contributed by atoms with Gasteiger partial charge < -0.3 is 4.74 Å². The van der Waals surface area contributed by atoms with E-state index in [0.717, 1.165) is 25.9 Å². The number of ketones is 1. The molecule has 0 radical (unpaired) electrons. The minimum Gasteiger partial charge on any atom is -0.368 e. The molecule has 0 aromatic carbocycles. The fraction of sp³-hybridized carbons (Fsp3) is 0.889. The highest BCUT2D eigenvalue weighted by molar-refractivity contribution is 5.86. The van der Waals surface area contributed by atoms with Gasteiger partial charge in [0.25, 0.3) is 0 Å². The van der Waals surface area contributed by atoms with E-state index in [0.29, 0.717) is 6.42 Å². The van der Waals surface area contributed by atoms with Gasteiger partial charge in [-0.05, 0) is 26.2 Å². The molecule has 0 aromatic rings. The summed E-state index contributed by atoms with van der Waals surface area (Å²) in [6.07, 6.45) is 3.73. The summed E-state index contributed by atoms with van der Waals surface area (Å²) in [5.74, 6) is 0.247. The molecule has 64 valence electrons. The molecule has 0 saturated carbocycles. The van der Waals surface area contributed by atoms with Crippen LogP contribution in [0.1, 0.15) is 39.5 Å². The molecule has 0 spiro atoms. The normalized spacial score (nSPS) is 31.8. The first-order chi connectivity index (χ1) is 5.19. The van der Waals surface area contributed by atoms with Crippen LogP contribution in [-0.4, -0.2) is 18.0 Å². The fourth-order valence-electron chi connectivity index (χ4n) is 1.53. The number of carbonyl (C=O) groups is 1. The first-order valence-electron chi connectivity index (χ1n) is 4.36. The minimum absolute atomic E-state index is 0.247. The van der Waals surface area contributed by atoms with Crippen LogP contribution >= 0.6 is 0 Å². The third-order valence-electron chi connectivity index (χ3n) is 2.38. The summed E-state index contributed by atoms with van der Waals surface area (Å²) >= 11 is 0. The summed E-state index contributed by atoms with van der Waals surface area (Å²) < 4.78 is 5.47. The van der Waals surface area contributed by atoms with E-state index in [1.165, 1.54) is 0 Å². The Bertz CT molecular complexity index is 146. The van der Waals surface area contributed by atoms with Crippen LogP contribution in [0.4, 0.5) is 0 Å². The lowest BCUT2D eigenvalue weighted by molar-refractivity contribution is -0.147. The smallest absolute Gasteiger partial charge is 0.164 e. The number of hydrogen-bond acceptors (Lipinski definition) is 2. The van der Waals surface area contributed by atoms with Crippen molar-refractivity contribution in [1.82, 2.24) is 0 Å². The molecule has 1 saturated heterocycles. The van der Waals surface area contributed by atoms with Crippen LogP contribution in [-0.2, 0) is 9.53 Å². The van der Waals surface area contributed by atoms with Crippen LogP contribution in [0.3, 0.4) is 0 Å². The zero-order chi connectivity index (χ0) is 8.32. The predicted molar refractivity (Wildman–Crippen MR) is 43.5 cm³/mol. The second kappa shape index (κ2) is 3.35. The van der Waals surface area contributed by atoms with E-state index in [1.54, 1.807) is 0 Å². The van der Waals surface area contributed by atoms with Crippen LogP contribution in [0.15, 0.2) is 0 Å². The van der Waals surface area contributed by atoms with Gasteiger partial charge in [0, 0.05) is 13.0 Å². The number of hydrogen-bond donors (Lipinski definition) is 0. The summed E-state index contributed by atoms with van der Waals surface area (Å²) in [5, 5.41) is 0. The number of ether oxygens (including phenoxy) is 1. The highest BCUT2D eigenvalue weighted by Gasteiger charge is 2.33. The SMILES string of the molecule is CCC(=O)C1(C)CCCCO1. The summed E-state index contributed by atoms with van der Waals surface area (Å²) in [5.41, 5.74) is -0.451. The molecular weight excluding hydrogens is 140 g/mol. The molecule has 11 heavy (non-hydrogen) atoms. The molecule has 1 unspecified atom stereocenters. The van der Waals surface area contributed by atoms with Crippen LogP contribution in [0.2, 0.25) is 0 Å². The Labute approximate surface area is 67.9 Å². The number of Topliss-reactive ketones (excluding diaryl/α,β-unsaturated/α-hetero) is 1. The maximum atomic E-state index is 11.4. The lowest BCUT2D eigenvalue weighted by atomic mass is 9.90. The van der Waals surface area contributed by atoms with E-state index >= 15 is 0 Å². The zero-order valence-electron chi connectivity index (χ0n) is 7.35. The Hall–Kier alpha value is -0.370. The Kier molecular flexibility index (Phi) is 2.66. The molecule has 0 aliphatic carbocycles. The monoisotopic (exact) mass is 156 g/mol. The molecule has 1 aliphatic rings. The van der Waals surface area contributed by atoms with E-state index < -0.39 is 5.60 Å². The van der Waals surface area contributed by atoms with Crippen LogP contribution in [0, 0.1) is 0 Å². The van der Waals surface area contributed by atoms with Crippen LogP contribution in [0.25, 0.3) is 0 Å². The summed E-state index contributed by atoms with van der Waals surface area (Å²) in [7, 11) is 0. The zero-order valence-corrected chi connectivity index (χ0v) is 7.35. The van der Waals surface area contributed by atoms with Gasteiger partial charge in [-0.25, -0.2) is 0 Å². The summed E-state index contributed by atoms with van der Waals surface area (Å²) in [6, 6.07) is 0. The van der Waals surface area contributed by atoms with Crippen LogP contribution < -0.4 is 0 Å². The van der Waals surface area contributed by atoms with Gasteiger partial charge in [0.15, 0.2) is 5.78 Å². The molecule has 0 N–H and O–H groups in total. The van der Waals surface area contributed by atoms with Gasteiger partial charge in [-0.15, -0.1) is 0 Å². The first-order valence-corrected chi connectivity index (χ1v) is 4.36. The van der Waals surface area contributed by atoms with Gasteiger partial charge in [0.05, 0.1) is 0 Å². The van der Waals surface area contributed by atoms with Gasteiger partial charge in [-0.2, -0.15) is 0 Å². The van der Waals surface area contributed by atoms with Crippen molar-refractivity contribution in [2.75, 3.05) is 6.61 Å². The second-order valence-corrected chi connectivity index (χ2v) is 3.31. The third-order valence-corrected chi connectivity index (χ3v) is 2.38. The largest absolute Gasteiger partial charge is 0.368 e. The van der Waals surface area contributed by atoms with Gasteiger partial charge in [-0.1, -0.05) is 6.92 Å². The Morgan fingerprint density at radius 1 is 1.55 bits per heavy atom. The molecule has 1 fully saturated rings. The summed E-state index contributed by atoms with van der Waals surface area (Å²) in [4.78, 5) is 11.4. The molecule has 1 atom stereocenters. The molecular formula is C9H16O2. The molecule has 1 heterocycles. The van der Waals surface area contributed by atoms with E-state index in [2.05, 4.69) is 0 Å². The van der Waals surface area contributed by atoms with Crippen molar-refractivity contribution in [3.05, 3.63) is 0 Å². The number of carbonyl (C=O) groups excluding carboxylic acids is 1. The van der Waals surface area contributed by atoms with Gasteiger partial charge in [0.2, 0.25) is 0 Å². The lowest BCUT2D eigenvalue weighted by Gasteiger charge is -2.31. The van der Waals surface area contributed by atoms with E-state index in [9.17, 15) is 4.79 Å². The van der Waals surface area contributed by atoms with Gasteiger partial charge in [-0.3, -0.25) is 4.79 Å². The molecule has 2 heteroatoms. The second-order valence-electron chi connectivity index (χ2n) is 3.31. The topological polar surface area (TPSA) is 26.3 Å². The Morgan fingerprint density at radius 2 is 2.27 bits per heavy atom. The van der Waals surface area contributed by atoms with Crippen molar-refractivity contribution in [3.8, 4) is 0 Å². The van der Waals surface area contributed by atoms with E-state index in [-0.39, 0.29) is 5.78 Å². The van der Waals surface area contributed by atoms with Crippen molar-refractivity contribution >= 4 is 5.78 Å². The van der Waals surface area contributed by atoms with Crippen molar-refractivity contribution in [1.29, 1.82) is 0 Å². The maximum Gasteiger partial charge on any atom is 0.164 e. The minimum atomic E-state index is -0.451. The highest BCUT2D eigenvalue weighted by Crippen LogP contribution is 2.26. The molecule has 0 amide bonds. The molecule has 2 nitrogen and oxygen atoms in total. The predicted octanol–water partition coefficient (Wildman–Crippen LogP) is 1.92. The quantitative estimate of drug-likeness (QED) is 0.610. The molecule has 1 aliphatic heterocycles. The number of rotatable bonds is 2. The molecule has 0 bridgehead atoms.